The summed E-state index contributed by atoms with van der Waals surface area (Å²) in [6.07, 6.45) is -3.31. The molecule has 7 heavy (non-hydrogen) atoms. The van der Waals surface area contributed by atoms with Gasteiger partial charge in [0.2, 0.25) is 0 Å². The van der Waals surface area contributed by atoms with E-state index >= 15 is 0 Å². The fraction of sp³-hybridized carbons (Fsp3) is 1.00. The monoisotopic (exact) mass is 112 g/mol. The smallest absolute Gasteiger partial charge is 0.315 e. The molecule has 0 atom stereocenters. The summed E-state index contributed by atoms with van der Waals surface area (Å²) in [6.45, 7) is 0. The minimum Gasteiger partial charge on any atom is -0.315 e. The third-order valence-electron chi connectivity index (χ3n) is 0.238. The van der Waals surface area contributed by atoms with Crippen LogP contribution in [0.25, 0.3) is 0 Å². The molecule has 0 aromatic rings. The fourth-order valence-corrected chi connectivity index (χ4v) is 0.0167. The highest BCUT2D eigenvalue weighted by Gasteiger charge is 2.25. The summed E-state index contributed by atoms with van der Waals surface area (Å²) in [5.74, 6) is 0. The van der Waals surface area contributed by atoms with Gasteiger partial charge in [-0.1, -0.05) is 0 Å². The second-order valence-electron chi connectivity index (χ2n) is 0.731. The average Bonchev–Trinajstić information content (AvgIpc) is 1.68. The van der Waals surface area contributed by atoms with Gasteiger partial charge in [-0.25, -0.2) is 10.5 Å². The van der Waals surface area contributed by atoms with Crippen LogP contribution in [-0.2, 0) is 9.78 Å². The van der Waals surface area contributed by atoms with Gasteiger partial charge in [-0.15, -0.1) is 9.78 Å². The van der Waals surface area contributed by atoms with Gasteiger partial charge in [0.1, 0.15) is 0 Å². The van der Waals surface area contributed by atoms with E-state index in [2.05, 4.69) is 9.78 Å². The van der Waals surface area contributed by atoms with Crippen LogP contribution in [0.15, 0.2) is 0 Å². The summed E-state index contributed by atoms with van der Waals surface area (Å²) in [5, 5.41) is 30.1. The molecule has 0 bridgehead atoms. The van der Waals surface area contributed by atoms with E-state index in [-0.39, 0.29) is 0 Å². The standard InChI is InChI=1S/CH4O6/c2-1(3,6-4)7-5/h2-5H. The maximum Gasteiger partial charge on any atom is 0.460 e. The van der Waals surface area contributed by atoms with E-state index in [1.807, 2.05) is 0 Å². The quantitative estimate of drug-likeness (QED) is 0.198. The van der Waals surface area contributed by atoms with Crippen LogP contribution in [0.4, 0.5) is 0 Å². The second kappa shape index (κ2) is 2.17. The Bertz CT molecular complexity index is 42.1. The van der Waals surface area contributed by atoms with Crippen molar-refractivity contribution in [2.75, 3.05) is 0 Å². The van der Waals surface area contributed by atoms with E-state index in [1.165, 1.54) is 0 Å². The molecule has 6 heteroatoms. The summed E-state index contributed by atoms with van der Waals surface area (Å²) in [5.41, 5.74) is 0. The normalized spacial score (nSPS) is 12.0. The third-order valence-corrected chi connectivity index (χ3v) is 0.238. The Labute approximate surface area is 38.0 Å². The zero-order chi connectivity index (χ0) is 5.91. The van der Waals surface area contributed by atoms with Gasteiger partial charge in [0.25, 0.3) is 0 Å². The minimum atomic E-state index is -3.31. The van der Waals surface area contributed by atoms with Gasteiger partial charge in [0, 0.05) is 0 Å². The predicted octanol–water partition coefficient (Wildman–Crippen LogP) is -1.44. The first-order valence-corrected chi connectivity index (χ1v) is 1.22. The van der Waals surface area contributed by atoms with Crippen molar-refractivity contribution in [3.8, 4) is 0 Å². The van der Waals surface area contributed by atoms with Gasteiger partial charge in [-0.05, 0) is 0 Å². The van der Waals surface area contributed by atoms with Crippen LogP contribution in [0.3, 0.4) is 0 Å². The van der Waals surface area contributed by atoms with Crippen LogP contribution in [0.1, 0.15) is 0 Å². The molecule has 0 aromatic carbocycles. The summed E-state index contributed by atoms with van der Waals surface area (Å²) in [4.78, 5) is 5.45. The first kappa shape index (κ1) is 6.76. The molecule has 0 aromatic heterocycles. The Morgan fingerprint density at radius 3 is 1.29 bits per heavy atom. The highest BCUT2D eigenvalue weighted by atomic mass is 17.3. The van der Waals surface area contributed by atoms with Gasteiger partial charge in [-0.2, -0.15) is 0 Å². The van der Waals surface area contributed by atoms with Crippen molar-refractivity contribution in [2.45, 2.75) is 6.16 Å². The molecule has 0 unspecified atom stereocenters. The second-order valence-corrected chi connectivity index (χ2v) is 0.731. The molecule has 0 rings (SSSR count). The van der Waals surface area contributed by atoms with Crippen molar-refractivity contribution >= 4 is 0 Å². The molecular formula is CH4O6. The van der Waals surface area contributed by atoms with Gasteiger partial charge in [0.15, 0.2) is 0 Å². The van der Waals surface area contributed by atoms with Crippen molar-refractivity contribution in [1.29, 1.82) is 0 Å². The lowest BCUT2D eigenvalue weighted by molar-refractivity contribution is -0.621. The van der Waals surface area contributed by atoms with Gasteiger partial charge < -0.3 is 10.2 Å². The third kappa shape index (κ3) is 2.45. The summed E-state index contributed by atoms with van der Waals surface area (Å²) >= 11 is 0. The Morgan fingerprint density at radius 2 is 1.29 bits per heavy atom. The Hall–Kier alpha value is -0.240. The molecule has 4 N–H and O–H groups in total. The Kier molecular flexibility index (Phi) is 2.09. The Balaban J connectivity index is 3.36. The topological polar surface area (TPSA) is 99.4 Å². The van der Waals surface area contributed by atoms with Crippen LogP contribution >= 0.6 is 0 Å². The molecule has 6 nitrogen and oxygen atoms in total. The summed E-state index contributed by atoms with van der Waals surface area (Å²) in [7, 11) is 0. The molecule has 0 saturated heterocycles. The number of hydrogen-bond donors (Lipinski definition) is 4. The molecule has 0 saturated carbocycles. The minimum absolute atomic E-state index is 2.73. The first-order valence-electron chi connectivity index (χ1n) is 1.22. The highest BCUT2D eigenvalue weighted by Crippen LogP contribution is 1.96. The summed E-state index contributed by atoms with van der Waals surface area (Å²) < 4.78 is 0. The zero-order valence-corrected chi connectivity index (χ0v) is 3.11. The highest BCUT2D eigenvalue weighted by molar-refractivity contribution is 4.09. The first-order chi connectivity index (χ1) is 3.12. The molecule has 0 spiro atoms. The molecule has 0 fully saturated rings. The molecular weight excluding hydrogens is 108 g/mol. The van der Waals surface area contributed by atoms with Gasteiger partial charge in [0.05, 0.1) is 0 Å². The summed E-state index contributed by atoms with van der Waals surface area (Å²) in [6, 6.07) is 0. The largest absolute Gasteiger partial charge is 0.460 e. The van der Waals surface area contributed by atoms with Crippen molar-refractivity contribution in [3.05, 3.63) is 0 Å². The van der Waals surface area contributed by atoms with E-state index in [1.54, 1.807) is 0 Å². The van der Waals surface area contributed by atoms with Crippen LogP contribution in [0.2, 0.25) is 0 Å². The number of aliphatic hydroxyl groups is 2. The molecule has 0 amide bonds. The SMILES string of the molecule is OOC(O)(O)OO. The number of rotatable bonds is 2. The average molecular weight is 112 g/mol. The maximum absolute atomic E-state index is 7.74. The van der Waals surface area contributed by atoms with Crippen molar-refractivity contribution in [1.82, 2.24) is 0 Å². The number of hydrogen-bond acceptors (Lipinski definition) is 6. The van der Waals surface area contributed by atoms with Crippen molar-refractivity contribution < 1.29 is 30.5 Å². The molecule has 0 heterocycles. The van der Waals surface area contributed by atoms with Crippen molar-refractivity contribution in [3.63, 3.8) is 0 Å². The molecule has 0 radical (unpaired) electrons. The maximum atomic E-state index is 7.74. The van der Waals surface area contributed by atoms with E-state index in [4.69, 9.17) is 20.7 Å². The zero-order valence-electron chi connectivity index (χ0n) is 3.11. The molecule has 44 valence electrons. The van der Waals surface area contributed by atoms with Crippen LogP contribution < -0.4 is 0 Å². The lowest BCUT2D eigenvalue weighted by Crippen LogP contribution is -2.32. The predicted molar refractivity (Wildman–Crippen MR) is 14.6 cm³/mol. The van der Waals surface area contributed by atoms with E-state index in [0.29, 0.717) is 0 Å². The van der Waals surface area contributed by atoms with E-state index < -0.39 is 6.16 Å². The lowest BCUT2D eigenvalue weighted by atomic mass is 11.2. The Morgan fingerprint density at radius 1 is 1.00 bits per heavy atom. The van der Waals surface area contributed by atoms with Crippen LogP contribution in [-0.4, -0.2) is 26.9 Å². The van der Waals surface area contributed by atoms with Crippen LogP contribution in [0, 0.1) is 0 Å². The van der Waals surface area contributed by atoms with E-state index in [9.17, 15) is 0 Å². The molecule has 0 aliphatic heterocycles. The lowest BCUT2D eigenvalue weighted by Gasteiger charge is -2.09. The van der Waals surface area contributed by atoms with Gasteiger partial charge >= 0.3 is 6.16 Å². The molecule has 0 aliphatic rings. The fourth-order valence-electron chi connectivity index (χ4n) is 0.0167. The molecule has 0 aliphatic carbocycles. The van der Waals surface area contributed by atoms with Crippen LogP contribution in [0.5, 0.6) is 0 Å². The van der Waals surface area contributed by atoms with E-state index in [0.717, 1.165) is 0 Å². The van der Waals surface area contributed by atoms with Crippen molar-refractivity contribution in [2.24, 2.45) is 0 Å². The van der Waals surface area contributed by atoms with Gasteiger partial charge in [-0.3, -0.25) is 0 Å².